The van der Waals surface area contributed by atoms with Gasteiger partial charge in [0.2, 0.25) is 0 Å². The van der Waals surface area contributed by atoms with E-state index in [2.05, 4.69) is 15.1 Å². The highest BCUT2D eigenvalue weighted by atomic mass is 19.4. The zero-order chi connectivity index (χ0) is 30.6. The summed E-state index contributed by atoms with van der Waals surface area (Å²) in [6, 6.07) is 6.07. The lowest BCUT2D eigenvalue weighted by molar-refractivity contribution is -0.140. The van der Waals surface area contributed by atoms with Gasteiger partial charge in [-0.25, -0.2) is 27.0 Å². The SMILES string of the molecule is O=C(c1cc(-c2cncc(F)c2)n(-c2ccc(C(F)(F)F)c(F)c2)n1)N1CCC(n2c(=O)[nH]c3ccc(F)c(F)c32)CC1. The Bertz CT molecular complexity index is 1940. The Morgan fingerprint density at radius 3 is 2.35 bits per heavy atom. The number of amides is 1. The number of hydrogen-bond acceptors (Lipinski definition) is 4. The van der Waals surface area contributed by atoms with Crippen LogP contribution in [0.2, 0.25) is 0 Å². The zero-order valence-electron chi connectivity index (χ0n) is 21.8. The van der Waals surface area contributed by atoms with E-state index < -0.39 is 52.6 Å². The molecule has 222 valence electrons. The first-order chi connectivity index (χ1) is 20.4. The number of aromatic nitrogens is 5. The predicted molar refractivity (Wildman–Crippen MR) is 138 cm³/mol. The van der Waals surface area contributed by atoms with Crippen LogP contribution in [-0.2, 0) is 6.18 Å². The van der Waals surface area contributed by atoms with Crippen molar-refractivity contribution in [1.82, 2.24) is 29.2 Å². The summed E-state index contributed by atoms with van der Waals surface area (Å²) in [5, 5.41) is 4.22. The standard InChI is InChI=1S/C28H19F7N6O2/c29-15-9-14(12-36-13-15)23-11-22(38-41(23)17-1-2-18(20(31)10-17)28(33,34)35)26(42)39-7-5-16(6-8-39)40-25-21(37-27(40)43)4-3-19(30)24(25)32/h1-4,9-13,16H,5-8H2,(H,37,43). The average Bonchev–Trinajstić information content (AvgIpc) is 3.56. The van der Waals surface area contributed by atoms with Crippen LogP contribution in [0.25, 0.3) is 28.0 Å². The van der Waals surface area contributed by atoms with E-state index in [1.807, 2.05) is 0 Å². The third-order valence-corrected chi connectivity index (χ3v) is 7.32. The van der Waals surface area contributed by atoms with Crippen molar-refractivity contribution in [3.63, 3.8) is 0 Å². The molecule has 15 heteroatoms. The van der Waals surface area contributed by atoms with E-state index in [-0.39, 0.29) is 59.6 Å². The van der Waals surface area contributed by atoms with Gasteiger partial charge in [0.15, 0.2) is 17.3 Å². The van der Waals surface area contributed by atoms with Crippen LogP contribution >= 0.6 is 0 Å². The predicted octanol–water partition coefficient (Wildman–Crippen LogP) is 5.63. The maximum absolute atomic E-state index is 14.6. The second-order valence-electron chi connectivity index (χ2n) is 9.96. The number of benzene rings is 2. The number of halogens is 7. The molecule has 0 saturated carbocycles. The van der Waals surface area contributed by atoms with Crippen LogP contribution in [0.4, 0.5) is 30.7 Å². The first kappa shape index (κ1) is 28.2. The summed E-state index contributed by atoms with van der Waals surface area (Å²) in [6.45, 7) is 0.191. The number of hydrogen-bond donors (Lipinski definition) is 1. The molecule has 1 fully saturated rings. The Morgan fingerprint density at radius 2 is 1.67 bits per heavy atom. The number of carbonyl (C=O) groups is 1. The highest BCUT2D eigenvalue weighted by Crippen LogP contribution is 2.34. The van der Waals surface area contributed by atoms with Gasteiger partial charge in [-0.15, -0.1) is 0 Å². The van der Waals surface area contributed by atoms with E-state index >= 15 is 0 Å². The van der Waals surface area contributed by atoms with Crippen LogP contribution in [0.5, 0.6) is 0 Å². The van der Waals surface area contributed by atoms with Crippen molar-refractivity contribution in [2.75, 3.05) is 13.1 Å². The Labute approximate surface area is 237 Å². The van der Waals surface area contributed by atoms with E-state index in [4.69, 9.17) is 0 Å². The molecule has 43 heavy (non-hydrogen) atoms. The van der Waals surface area contributed by atoms with Gasteiger partial charge in [-0.1, -0.05) is 0 Å². The lowest BCUT2D eigenvalue weighted by Gasteiger charge is -2.32. The fraction of sp³-hybridized carbons (Fsp3) is 0.214. The molecule has 1 saturated heterocycles. The molecule has 0 bridgehead atoms. The van der Waals surface area contributed by atoms with Gasteiger partial charge in [-0.2, -0.15) is 18.3 Å². The van der Waals surface area contributed by atoms with Gasteiger partial charge in [0.25, 0.3) is 5.91 Å². The second-order valence-corrected chi connectivity index (χ2v) is 9.96. The maximum atomic E-state index is 14.6. The van der Waals surface area contributed by atoms with E-state index in [0.717, 1.165) is 33.6 Å². The number of nitrogens with zero attached hydrogens (tertiary/aromatic N) is 5. The number of fused-ring (bicyclic) bond motifs is 1. The number of H-pyrrole nitrogens is 1. The first-order valence-electron chi connectivity index (χ1n) is 12.9. The molecule has 0 spiro atoms. The smallest absolute Gasteiger partial charge is 0.337 e. The van der Waals surface area contributed by atoms with E-state index in [1.165, 1.54) is 23.2 Å². The number of piperidine rings is 1. The number of alkyl halides is 3. The average molecular weight is 604 g/mol. The summed E-state index contributed by atoms with van der Waals surface area (Å²) in [5.74, 6) is -5.18. The van der Waals surface area contributed by atoms with Crippen molar-refractivity contribution >= 4 is 16.9 Å². The number of nitrogens with one attached hydrogen (secondary N) is 1. The highest BCUT2D eigenvalue weighted by molar-refractivity contribution is 5.93. The van der Waals surface area contributed by atoms with Crippen LogP contribution in [0, 0.1) is 23.3 Å². The summed E-state index contributed by atoms with van der Waals surface area (Å²) < 4.78 is 98.4. The van der Waals surface area contributed by atoms with Gasteiger partial charge >= 0.3 is 11.9 Å². The first-order valence-corrected chi connectivity index (χ1v) is 12.9. The third-order valence-electron chi connectivity index (χ3n) is 7.32. The number of aromatic amines is 1. The summed E-state index contributed by atoms with van der Waals surface area (Å²) >= 11 is 0. The fourth-order valence-electron chi connectivity index (χ4n) is 5.30. The van der Waals surface area contributed by atoms with Crippen molar-refractivity contribution in [2.24, 2.45) is 0 Å². The van der Waals surface area contributed by atoms with E-state index in [0.29, 0.717) is 12.1 Å². The largest absolute Gasteiger partial charge is 0.419 e. The molecule has 3 aromatic heterocycles. The maximum Gasteiger partial charge on any atom is 0.419 e. The lowest BCUT2D eigenvalue weighted by atomic mass is 10.0. The fourth-order valence-corrected chi connectivity index (χ4v) is 5.30. The molecule has 1 aliphatic heterocycles. The van der Waals surface area contributed by atoms with Crippen molar-refractivity contribution in [3.05, 3.63) is 99.9 Å². The molecular weight excluding hydrogens is 585 g/mol. The third kappa shape index (κ3) is 5.04. The molecule has 6 rings (SSSR count). The summed E-state index contributed by atoms with van der Waals surface area (Å²) in [7, 11) is 0. The topological polar surface area (TPSA) is 88.8 Å². The van der Waals surface area contributed by atoms with Gasteiger partial charge in [0.05, 0.1) is 28.7 Å². The molecule has 2 aromatic carbocycles. The Kier molecular flexibility index (Phi) is 6.81. The van der Waals surface area contributed by atoms with Crippen molar-refractivity contribution < 1.29 is 35.5 Å². The van der Waals surface area contributed by atoms with Crippen LogP contribution in [0.1, 0.15) is 34.9 Å². The van der Waals surface area contributed by atoms with Crippen molar-refractivity contribution in [1.29, 1.82) is 0 Å². The molecule has 8 nitrogen and oxygen atoms in total. The highest BCUT2D eigenvalue weighted by Gasteiger charge is 2.34. The molecule has 1 amide bonds. The van der Waals surface area contributed by atoms with E-state index in [9.17, 15) is 40.3 Å². The molecule has 1 aliphatic rings. The Hall–Kier alpha value is -4.95. The van der Waals surface area contributed by atoms with Crippen LogP contribution in [0.15, 0.2) is 59.7 Å². The van der Waals surface area contributed by atoms with Gasteiger partial charge in [0.1, 0.15) is 17.2 Å². The Balaban J connectivity index is 1.31. The molecule has 0 atom stereocenters. The monoisotopic (exact) mass is 604 g/mol. The van der Waals surface area contributed by atoms with Gasteiger partial charge in [-0.3, -0.25) is 14.3 Å². The molecular formula is C28H19F7N6O2. The Morgan fingerprint density at radius 1 is 0.930 bits per heavy atom. The van der Waals surface area contributed by atoms with Gasteiger partial charge in [0, 0.05) is 37.0 Å². The van der Waals surface area contributed by atoms with Gasteiger partial charge in [-0.05, 0) is 49.2 Å². The summed E-state index contributed by atoms with van der Waals surface area (Å²) in [5.41, 5.74) is -2.33. The minimum atomic E-state index is -4.94. The van der Waals surface area contributed by atoms with Crippen LogP contribution < -0.4 is 5.69 Å². The number of imidazole rings is 1. The summed E-state index contributed by atoms with van der Waals surface area (Å²) in [6.07, 6.45) is -2.34. The molecule has 1 N–H and O–H groups in total. The number of pyridine rings is 1. The molecule has 0 unspecified atom stereocenters. The van der Waals surface area contributed by atoms with E-state index in [1.54, 1.807) is 0 Å². The van der Waals surface area contributed by atoms with Crippen molar-refractivity contribution in [3.8, 4) is 16.9 Å². The molecule has 4 heterocycles. The van der Waals surface area contributed by atoms with Crippen LogP contribution in [-0.4, -0.2) is 48.2 Å². The quantitative estimate of drug-likeness (QED) is 0.270. The second kappa shape index (κ2) is 10.4. The van der Waals surface area contributed by atoms with Crippen molar-refractivity contribution in [2.45, 2.75) is 25.1 Å². The number of likely N-dealkylation sites (tertiary alicyclic amines) is 1. The normalized spacial score (nSPS) is 14.5. The van der Waals surface area contributed by atoms with Gasteiger partial charge < -0.3 is 9.88 Å². The number of rotatable bonds is 4. The molecule has 0 aliphatic carbocycles. The minimum absolute atomic E-state index is 0.0623. The zero-order valence-corrected chi connectivity index (χ0v) is 21.8. The molecule has 0 radical (unpaired) electrons. The summed E-state index contributed by atoms with van der Waals surface area (Å²) in [4.78, 5) is 33.7. The molecule has 5 aromatic rings. The lowest BCUT2D eigenvalue weighted by Crippen LogP contribution is -2.40. The number of carbonyl (C=O) groups excluding carboxylic acids is 1. The minimum Gasteiger partial charge on any atom is -0.337 e. The van der Waals surface area contributed by atoms with Crippen LogP contribution in [0.3, 0.4) is 0 Å².